The monoisotopic (exact) mass is 977 g/mol. The van der Waals surface area contributed by atoms with Crippen LogP contribution in [0.4, 0.5) is 0 Å². The Balaban J connectivity index is 3.62. The highest BCUT2D eigenvalue weighted by molar-refractivity contribution is 6.30. The third-order valence-corrected chi connectivity index (χ3v) is 12.0. The number of carbonyl (C=O) groups excluding carboxylic acids is 8. The Hall–Kier alpha value is -4.61. The molecule has 1 saturated heterocycles. The van der Waals surface area contributed by atoms with Gasteiger partial charge in [-0.2, -0.15) is 0 Å². The molecule has 17 nitrogen and oxygen atoms in total. The lowest BCUT2D eigenvalue weighted by atomic mass is 9.99. The van der Waals surface area contributed by atoms with E-state index >= 15 is 0 Å². The minimum atomic E-state index is -1.29. The van der Waals surface area contributed by atoms with Crippen LogP contribution in [0.15, 0.2) is 35.9 Å². The van der Waals surface area contributed by atoms with Crippen LogP contribution in [-0.2, 0) is 43.1 Å². The van der Waals surface area contributed by atoms with E-state index in [4.69, 9.17) is 16.3 Å². The van der Waals surface area contributed by atoms with Gasteiger partial charge in [0.05, 0.1) is 26.1 Å². The van der Waals surface area contributed by atoms with E-state index in [0.29, 0.717) is 50.4 Å². The topological polar surface area (TPSA) is 198 Å². The first-order chi connectivity index (χ1) is 32.2. The number of nitrogens with one attached hydrogen (secondary N) is 3. The molecule has 0 aromatic rings. The van der Waals surface area contributed by atoms with E-state index in [1.165, 1.54) is 40.7 Å². The van der Waals surface area contributed by atoms with Gasteiger partial charge in [-0.3, -0.25) is 33.6 Å². The van der Waals surface area contributed by atoms with Crippen molar-refractivity contribution in [1.29, 1.82) is 0 Å². The molecule has 1 unspecified atom stereocenters. The summed E-state index contributed by atoms with van der Waals surface area (Å²) < 4.78 is 5.94. The van der Waals surface area contributed by atoms with E-state index in [1.54, 1.807) is 30.2 Å². The van der Waals surface area contributed by atoms with Crippen LogP contribution in [0.3, 0.4) is 0 Å². The van der Waals surface area contributed by atoms with Gasteiger partial charge in [0.1, 0.15) is 36.5 Å². The summed E-state index contributed by atoms with van der Waals surface area (Å²) in [5, 5.41) is 9.17. The van der Waals surface area contributed by atoms with Gasteiger partial charge in [-0.1, -0.05) is 90.8 Å². The predicted molar refractivity (Wildman–Crippen MR) is 267 cm³/mol. The first-order valence-corrected chi connectivity index (χ1v) is 24.9. The summed E-state index contributed by atoms with van der Waals surface area (Å²) in [5.74, 6) is -3.75. The molecule has 1 fully saturated rings. The fourth-order valence-electron chi connectivity index (χ4n) is 7.67. The standard InChI is InChI=1S/C50H85ClN8O9/c1-12-14-25-52-34-45(62)56(9)41(24-20-17-16-19-23-38(7)51)50(67)58(11)43(32-37(5)6)47(64)54-40(35-68-30-15-13-2)48(65)57(10)42(31-36(3)4)46(63)53-39(33-44(61)55(8)28-29-60)49(66)59-26-21-18-22-27-59/h16-17,19,23,29,36-37,39-43,52H,7,12-15,18,20-22,24-28,30-35H2,1-6,8-11H3,(H,53,63)(H,54,64)/b17-16+,23-19-/t39?,40-,41-,42-,43-/m0/s1. The summed E-state index contributed by atoms with van der Waals surface area (Å²) in [6.07, 6.45) is 14.1. The number of halogens is 1. The highest BCUT2D eigenvalue weighted by Gasteiger charge is 2.39. The second kappa shape index (κ2) is 33.8. The number of hydrogen-bond donors (Lipinski definition) is 3. The number of hydrogen-bond acceptors (Lipinski definition) is 10. The lowest BCUT2D eigenvalue weighted by molar-refractivity contribution is -0.149. The SMILES string of the molecule is C=C(Cl)/C=C\C=C\CC[C@@H](C(=O)N(C)[C@@H](CC(C)C)C(=O)N[C@@H](COCCCC)C(=O)N(C)[C@@H](CC(C)C)C(=O)NC(CC(=O)N(C)CC=O)C(=O)N1CCCCC1)N(C)C(=O)CNCCCC. The number of amides is 7. The minimum Gasteiger partial charge on any atom is -0.379 e. The van der Waals surface area contributed by atoms with Gasteiger partial charge in [0.25, 0.3) is 0 Å². The van der Waals surface area contributed by atoms with Crippen molar-refractivity contribution in [3.05, 3.63) is 35.9 Å². The van der Waals surface area contributed by atoms with E-state index in [-0.39, 0.29) is 63.1 Å². The molecule has 0 bridgehead atoms. The summed E-state index contributed by atoms with van der Waals surface area (Å²) in [4.78, 5) is 117. The third-order valence-electron chi connectivity index (χ3n) is 11.9. The molecular formula is C50H85ClN8O9. The zero-order valence-electron chi connectivity index (χ0n) is 42.9. The first kappa shape index (κ1) is 61.4. The average molecular weight is 978 g/mol. The van der Waals surface area contributed by atoms with E-state index in [9.17, 15) is 38.4 Å². The highest BCUT2D eigenvalue weighted by atomic mass is 35.5. The van der Waals surface area contributed by atoms with Gasteiger partial charge >= 0.3 is 0 Å². The Morgan fingerprint density at radius 2 is 1.32 bits per heavy atom. The number of nitrogens with zero attached hydrogens (tertiary/aromatic N) is 5. The third kappa shape index (κ3) is 22.7. The molecule has 1 rings (SSSR count). The second-order valence-electron chi connectivity index (χ2n) is 18.6. The molecule has 68 heavy (non-hydrogen) atoms. The molecule has 386 valence electrons. The number of aldehydes is 1. The smallest absolute Gasteiger partial charge is 0.247 e. The first-order valence-electron chi connectivity index (χ1n) is 24.5. The number of piperidine rings is 1. The molecule has 18 heteroatoms. The van der Waals surface area contributed by atoms with Crippen LogP contribution in [0.1, 0.15) is 119 Å². The zero-order chi connectivity index (χ0) is 51.3. The number of likely N-dealkylation sites (N-methyl/N-ethyl adjacent to an activating group) is 4. The van der Waals surface area contributed by atoms with Crippen molar-refractivity contribution in [3.8, 4) is 0 Å². The normalized spacial score (nSPS) is 15.1. The maximum atomic E-state index is 14.7. The number of unbranched alkanes of at least 4 members (excludes halogenated alkanes) is 2. The van der Waals surface area contributed by atoms with Gasteiger partial charge in [-0.25, -0.2) is 0 Å². The van der Waals surface area contributed by atoms with Crippen LogP contribution in [0.5, 0.6) is 0 Å². The van der Waals surface area contributed by atoms with Crippen LogP contribution in [0.25, 0.3) is 0 Å². The summed E-state index contributed by atoms with van der Waals surface area (Å²) in [7, 11) is 6.00. The van der Waals surface area contributed by atoms with Crippen molar-refractivity contribution in [2.45, 2.75) is 149 Å². The molecule has 0 aromatic carbocycles. The molecule has 0 aromatic heterocycles. The number of likely N-dealkylation sites (tertiary alicyclic amines) is 1. The maximum Gasteiger partial charge on any atom is 0.247 e. The molecule has 3 N–H and O–H groups in total. The lowest BCUT2D eigenvalue weighted by Crippen LogP contribution is -2.61. The largest absolute Gasteiger partial charge is 0.379 e. The molecule has 0 aliphatic carbocycles. The van der Waals surface area contributed by atoms with Gasteiger partial charge in [0, 0.05) is 52.9 Å². The summed E-state index contributed by atoms with van der Waals surface area (Å²) in [6, 6.07) is -5.66. The van der Waals surface area contributed by atoms with Crippen molar-refractivity contribution in [2.75, 3.05) is 74.1 Å². The molecule has 0 radical (unpaired) electrons. The van der Waals surface area contributed by atoms with E-state index in [0.717, 1.165) is 38.5 Å². The van der Waals surface area contributed by atoms with Crippen LogP contribution >= 0.6 is 11.6 Å². The minimum absolute atomic E-state index is 0.0355. The van der Waals surface area contributed by atoms with E-state index in [1.807, 2.05) is 40.7 Å². The van der Waals surface area contributed by atoms with Crippen LogP contribution in [0.2, 0.25) is 0 Å². The number of rotatable bonds is 33. The molecule has 7 amide bonds. The van der Waals surface area contributed by atoms with Crippen LogP contribution in [0, 0.1) is 11.8 Å². The Labute approximate surface area is 412 Å². The predicted octanol–water partition coefficient (Wildman–Crippen LogP) is 4.44. The number of carbonyl (C=O) groups is 8. The Morgan fingerprint density at radius 1 is 0.750 bits per heavy atom. The summed E-state index contributed by atoms with van der Waals surface area (Å²) in [6.45, 7) is 16.8. The quantitative estimate of drug-likeness (QED) is 0.0481. The van der Waals surface area contributed by atoms with Crippen molar-refractivity contribution in [2.24, 2.45) is 11.8 Å². The van der Waals surface area contributed by atoms with Crippen LogP contribution in [-0.4, -0.2) is 176 Å². The van der Waals surface area contributed by atoms with Gasteiger partial charge < -0.3 is 50.0 Å². The van der Waals surface area contributed by atoms with Gasteiger partial charge in [0.2, 0.25) is 41.4 Å². The van der Waals surface area contributed by atoms with Crippen LogP contribution < -0.4 is 16.0 Å². The molecule has 0 saturated carbocycles. The Bertz CT molecular complexity index is 1680. The Morgan fingerprint density at radius 3 is 1.87 bits per heavy atom. The molecule has 5 atom stereocenters. The summed E-state index contributed by atoms with van der Waals surface area (Å²) in [5.41, 5.74) is 0. The average Bonchev–Trinajstić information content (AvgIpc) is 3.30. The zero-order valence-corrected chi connectivity index (χ0v) is 43.6. The molecule has 1 aliphatic rings. The van der Waals surface area contributed by atoms with E-state index in [2.05, 4.69) is 29.5 Å². The van der Waals surface area contributed by atoms with Crippen molar-refractivity contribution >= 4 is 59.2 Å². The van der Waals surface area contributed by atoms with Crippen molar-refractivity contribution in [3.63, 3.8) is 0 Å². The van der Waals surface area contributed by atoms with Crippen molar-refractivity contribution in [1.82, 2.24) is 40.4 Å². The van der Waals surface area contributed by atoms with E-state index < -0.39 is 65.7 Å². The van der Waals surface area contributed by atoms with Gasteiger partial charge in [-0.05, 0) is 82.2 Å². The fraction of sp³-hybridized carbons (Fsp3) is 0.720. The second-order valence-corrected chi connectivity index (χ2v) is 19.1. The molecular weight excluding hydrogens is 892 g/mol. The van der Waals surface area contributed by atoms with Gasteiger partial charge in [-0.15, -0.1) is 0 Å². The molecule has 1 aliphatic heterocycles. The lowest BCUT2D eigenvalue weighted by Gasteiger charge is -2.36. The Kier molecular flexibility index (Phi) is 30.5. The molecule has 0 spiro atoms. The number of allylic oxidation sites excluding steroid dienone is 5. The molecule has 1 heterocycles. The van der Waals surface area contributed by atoms with Crippen molar-refractivity contribution < 1.29 is 43.1 Å². The number of ether oxygens (including phenoxy) is 1. The fourth-order valence-corrected chi connectivity index (χ4v) is 7.74. The highest BCUT2D eigenvalue weighted by Crippen LogP contribution is 2.19. The van der Waals surface area contributed by atoms with Gasteiger partial charge in [0.15, 0.2) is 0 Å². The summed E-state index contributed by atoms with van der Waals surface area (Å²) >= 11 is 5.85. The maximum absolute atomic E-state index is 14.7.